The summed E-state index contributed by atoms with van der Waals surface area (Å²) in [6.45, 7) is 1.15. The van der Waals surface area contributed by atoms with Crippen LogP contribution < -0.4 is 10.1 Å². The Morgan fingerprint density at radius 3 is 2.55 bits per heavy atom. The molecule has 1 N–H and O–H groups in total. The fraction of sp³-hybridized carbons (Fsp3) is 0.167. The van der Waals surface area contributed by atoms with E-state index in [0.717, 1.165) is 27.9 Å². The van der Waals surface area contributed by atoms with Gasteiger partial charge in [-0.25, -0.2) is 4.98 Å². The number of carbonyl (C=O) groups is 1. The number of hydrogen-bond donors (Lipinski definition) is 1. The highest BCUT2D eigenvalue weighted by atomic mass is 79.9. The Kier molecular flexibility index (Phi) is 6.89. The summed E-state index contributed by atoms with van der Waals surface area (Å²) in [5.74, 6) is 1.37. The van der Waals surface area contributed by atoms with Crippen LogP contribution in [0.4, 0.5) is 0 Å². The van der Waals surface area contributed by atoms with Gasteiger partial charge in [0.05, 0.1) is 11.0 Å². The molecule has 0 unspecified atom stereocenters. The molecule has 7 heteroatoms. The number of nitrogens with one attached hydrogen (secondary N) is 1. The number of nitrogens with zero attached hydrogens (tertiary/aromatic N) is 2. The first-order chi connectivity index (χ1) is 15.1. The number of benzene rings is 3. The molecule has 158 valence electrons. The average molecular weight is 499 g/mol. The molecule has 1 heterocycles. The van der Waals surface area contributed by atoms with Gasteiger partial charge in [0.25, 0.3) is 5.91 Å². The third-order valence-electron chi connectivity index (χ3n) is 4.84. The second kappa shape index (κ2) is 9.98. The van der Waals surface area contributed by atoms with Crippen LogP contribution in [0.2, 0.25) is 5.02 Å². The summed E-state index contributed by atoms with van der Waals surface area (Å²) in [5.41, 5.74) is 3.22. The van der Waals surface area contributed by atoms with E-state index in [0.29, 0.717) is 23.7 Å². The van der Waals surface area contributed by atoms with Crippen LogP contribution in [0, 0.1) is 0 Å². The Labute approximate surface area is 194 Å². The lowest BCUT2D eigenvalue weighted by atomic mass is 10.2. The monoisotopic (exact) mass is 497 g/mol. The lowest BCUT2D eigenvalue weighted by molar-refractivity contribution is -0.123. The zero-order chi connectivity index (χ0) is 21.6. The van der Waals surface area contributed by atoms with Crippen LogP contribution in [0.5, 0.6) is 5.75 Å². The maximum atomic E-state index is 12.2. The van der Waals surface area contributed by atoms with Gasteiger partial charge < -0.3 is 14.6 Å². The fourth-order valence-electron chi connectivity index (χ4n) is 3.31. The van der Waals surface area contributed by atoms with Gasteiger partial charge in [0.2, 0.25) is 0 Å². The number of ether oxygens (including phenoxy) is 1. The lowest BCUT2D eigenvalue weighted by Crippen LogP contribution is -2.31. The number of imidazole rings is 1. The number of fused-ring (bicyclic) bond motifs is 1. The van der Waals surface area contributed by atoms with Crippen LogP contribution in [0.15, 0.2) is 77.3 Å². The van der Waals surface area contributed by atoms with Crippen LogP contribution in [0.1, 0.15) is 11.4 Å². The number of hydrogen-bond acceptors (Lipinski definition) is 3. The Hall–Kier alpha value is -2.83. The molecule has 1 amide bonds. The van der Waals surface area contributed by atoms with Gasteiger partial charge >= 0.3 is 0 Å². The van der Waals surface area contributed by atoms with Crippen molar-refractivity contribution in [2.75, 3.05) is 13.2 Å². The number of halogens is 2. The second-order valence-corrected chi connectivity index (χ2v) is 8.42. The molecule has 0 aliphatic carbocycles. The number of amides is 1. The smallest absolute Gasteiger partial charge is 0.257 e. The molecule has 0 spiro atoms. The molecular formula is C24H21BrClN3O2. The van der Waals surface area contributed by atoms with Crippen molar-refractivity contribution >= 4 is 44.5 Å². The molecule has 4 rings (SSSR count). The maximum Gasteiger partial charge on any atom is 0.257 e. The van der Waals surface area contributed by atoms with Crippen LogP contribution in [-0.4, -0.2) is 28.6 Å². The van der Waals surface area contributed by atoms with Gasteiger partial charge in [-0.1, -0.05) is 51.8 Å². The summed E-state index contributed by atoms with van der Waals surface area (Å²) in [5, 5.41) is 3.53. The van der Waals surface area contributed by atoms with Gasteiger partial charge in [-0.3, -0.25) is 4.79 Å². The largest absolute Gasteiger partial charge is 0.484 e. The average Bonchev–Trinajstić information content (AvgIpc) is 3.12. The van der Waals surface area contributed by atoms with E-state index in [2.05, 4.69) is 44.0 Å². The van der Waals surface area contributed by atoms with E-state index >= 15 is 0 Å². The topological polar surface area (TPSA) is 56.1 Å². The van der Waals surface area contributed by atoms with Crippen molar-refractivity contribution in [1.29, 1.82) is 0 Å². The van der Waals surface area contributed by atoms with Crippen LogP contribution in [-0.2, 0) is 17.8 Å². The van der Waals surface area contributed by atoms with Crippen molar-refractivity contribution in [2.24, 2.45) is 0 Å². The van der Waals surface area contributed by atoms with E-state index in [4.69, 9.17) is 21.3 Å². The molecule has 3 aromatic carbocycles. The first-order valence-electron chi connectivity index (χ1n) is 9.92. The van der Waals surface area contributed by atoms with Gasteiger partial charge in [0.15, 0.2) is 6.61 Å². The zero-order valence-corrected chi connectivity index (χ0v) is 19.1. The molecular weight excluding hydrogens is 478 g/mol. The minimum atomic E-state index is -0.175. The van der Waals surface area contributed by atoms with Crippen LogP contribution >= 0.6 is 27.5 Å². The first kappa shape index (κ1) is 21.4. The van der Waals surface area contributed by atoms with Gasteiger partial charge in [-0.15, -0.1) is 0 Å². The van der Waals surface area contributed by atoms with E-state index in [-0.39, 0.29) is 12.5 Å². The number of para-hydroxylation sites is 2. The van der Waals surface area contributed by atoms with Crippen molar-refractivity contribution in [2.45, 2.75) is 13.0 Å². The van der Waals surface area contributed by atoms with E-state index in [1.807, 2.05) is 30.3 Å². The summed E-state index contributed by atoms with van der Waals surface area (Å²) < 4.78 is 8.75. The molecule has 0 aliphatic rings. The van der Waals surface area contributed by atoms with Gasteiger partial charge in [-0.05, 0) is 54.1 Å². The quantitative estimate of drug-likeness (QED) is 0.361. The molecule has 0 atom stereocenters. The molecule has 0 aliphatic heterocycles. The summed E-state index contributed by atoms with van der Waals surface area (Å²) in [6.07, 6.45) is 0.623. The van der Waals surface area contributed by atoms with E-state index in [9.17, 15) is 4.79 Å². The minimum absolute atomic E-state index is 0.0447. The molecule has 0 fully saturated rings. The van der Waals surface area contributed by atoms with Gasteiger partial charge in [0.1, 0.15) is 11.6 Å². The number of carbonyl (C=O) groups excluding carboxylic acids is 1. The Balaban J connectivity index is 1.39. The molecule has 0 bridgehead atoms. The number of rotatable bonds is 8. The minimum Gasteiger partial charge on any atom is -0.484 e. The Morgan fingerprint density at radius 1 is 1.03 bits per heavy atom. The third-order valence-corrected chi connectivity index (χ3v) is 5.62. The molecule has 0 saturated carbocycles. The van der Waals surface area contributed by atoms with E-state index in [1.165, 1.54) is 5.56 Å². The van der Waals surface area contributed by atoms with Gasteiger partial charge in [0, 0.05) is 29.0 Å². The summed E-state index contributed by atoms with van der Waals surface area (Å²) in [6, 6.07) is 23.3. The molecule has 0 saturated heterocycles. The zero-order valence-electron chi connectivity index (χ0n) is 16.7. The van der Waals surface area contributed by atoms with Crippen molar-refractivity contribution in [3.8, 4) is 5.75 Å². The van der Waals surface area contributed by atoms with Crippen molar-refractivity contribution < 1.29 is 9.53 Å². The second-order valence-electron chi connectivity index (χ2n) is 7.07. The highest BCUT2D eigenvalue weighted by molar-refractivity contribution is 9.10. The summed E-state index contributed by atoms with van der Waals surface area (Å²) >= 11 is 9.34. The standard InChI is InChI=1S/C24H21BrClN3O2/c25-18-7-5-17(6-8-18)15-29-22-4-2-1-3-21(22)28-23(29)13-14-27-24(30)16-31-20-11-9-19(26)10-12-20/h1-12H,13-16H2,(H,27,30). The molecule has 5 nitrogen and oxygen atoms in total. The van der Waals surface area contributed by atoms with E-state index < -0.39 is 0 Å². The summed E-state index contributed by atoms with van der Waals surface area (Å²) in [4.78, 5) is 16.9. The summed E-state index contributed by atoms with van der Waals surface area (Å²) in [7, 11) is 0. The number of aromatic nitrogens is 2. The van der Waals surface area contributed by atoms with Crippen molar-refractivity contribution in [3.05, 3.63) is 93.7 Å². The highest BCUT2D eigenvalue weighted by Crippen LogP contribution is 2.19. The maximum absolute atomic E-state index is 12.2. The molecule has 4 aromatic rings. The van der Waals surface area contributed by atoms with Crippen LogP contribution in [0.3, 0.4) is 0 Å². The SMILES string of the molecule is O=C(COc1ccc(Cl)cc1)NCCc1nc2ccccc2n1Cc1ccc(Br)cc1. The Bertz CT molecular complexity index is 1170. The normalized spacial score (nSPS) is 10.9. The van der Waals surface area contributed by atoms with E-state index in [1.54, 1.807) is 24.3 Å². The first-order valence-corrected chi connectivity index (χ1v) is 11.1. The lowest BCUT2D eigenvalue weighted by Gasteiger charge is -2.11. The predicted molar refractivity (Wildman–Crippen MR) is 127 cm³/mol. The fourth-order valence-corrected chi connectivity index (χ4v) is 3.70. The predicted octanol–water partition coefficient (Wildman–Crippen LogP) is 5.24. The molecule has 1 aromatic heterocycles. The van der Waals surface area contributed by atoms with Crippen LogP contribution in [0.25, 0.3) is 11.0 Å². The van der Waals surface area contributed by atoms with Gasteiger partial charge in [-0.2, -0.15) is 0 Å². The molecule has 31 heavy (non-hydrogen) atoms. The molecule has 0 radical (unpaired) electrons. The van der Waals surface area contributed by atoms with Crippen molar-refractivity contribution in [3.63, 3.8) is 0 Å². The Morgan fingerprint density at radius 2 is 1.77 bits per heavy atom. The third kappa shape index (κ3) is 5.66. The highest BCUT2D eigenvalue weighted by Gasteiger charge is 2.12. The van der Waals surface area contributed by atoms with Crippen molar-refractivity contribution in [1.82, 2.24) is 14.9 Å².